The van der Waals surface area contributed by atoms with Crippen molar-refractivity contribution in [3.8, 4) is 11.1 Å². The summed E-state index contributed by atoms with van der Waals surface area (Å²) < 4.78 is 5.97. The normalized spacial score (nSPS) is 15.2. The Kier molecular flexibility index (Phi) is 2.42. The van der Waals surface area contributed by atoms with Gasteiger partial charge in [0.05, 0.1) is 0 Å². The third kappa shape index (κ3) is 1.50. The van der Waals surface area contributed by atoms with Crippen LogP contribution in [-0.2, 0) is 0 Å². The summed E-state index contributed by atoms with van der Waals surface area (Å²) in [7, 11) is 0. The van der Waals surface area contributed by atoms with Gasteiger partial charge >= 0.3 is 6.69 Å². The standard InChI is InChI=1S/C18H10Cl2OSi/c19-22(20)17-8-4-2-6-12(17)14-9-13-11-5-1-3-7-15(11)21-16(13)10-18(14)22/h1-10H. The fourth-order valence-electron chi connectivity index (χ4n) is 3.39. The largest absolute Gasteiger partial charge is 0.456 e. The van der Waals surface area contributed by atoms with Crippen molar-refractivity contribution in [1.82, 2.24) is 0 Å². The summed E-state index contributed by atoms with van der Waals surface area (Å²) >= 11 is 13.6. The Labute approximate surface area is 137 Å². The van der Waals surface area contributed by atoms with E-state index in [0.29, 0.717) is 0 Å². The average molecular weight is 341 g/mol. The van der Waals surface area contributed by atoms with Gasteiger partial charge in [-0.1, -0.05) is 42.5 Å². The Morgan fingerprint density at radius 3 is 2.36 bits per heavy atom. The molecule has 0 saturated carbocycles. The second-order valence-corrected chi connectivity index (χ2v) is 11.8. The summed E-state index contributed by atoms with van der Waals surface area (Å²) in [6, 6.07) is 20.5. The van der Waals surface area contributed by atoms with Crippen molar-refractivity contribution in [3.63, 3.8) is 0 Å². The molecule has 1 aliphatic heterocycles. The van der Waals surface area contributed by atoms with Gasteiger partial charge in [-0.25, -0.2) is 0 Å². The lowest BCUT2D eigenvalue weighted by Crippen LogP contribution is -2.44. The van der Waals surface area contributed by atoms with E-state index in [9.17, 15) is 0 Å². The molecular weight excluding hydrogens is 331 g/mol. The van der Waals surface area contributed by atoms with Crippen LogP contribution in [0.2, 0.25) is 0 Å². The highest BCUT2D eigenvalue weighted by atomic mass is 35.7. The third-order valence-electron chi connectivity index (χ3n) is 4.41. The van der Waals surface area contributed by atoms with Gasteiger partial charge in [-0.2, -0.15) is 0 Å². The zero-order valence-corrected chi connectivity index (χ0v) is 13.9. The van der Waals surface area contributed by atoms with Crippen LogP contribution in [0, 0.1) is 0 Å². The van der Waals surface area contributed by atoms with E-state index in [2.05, 4.69) is 18.2 Å². The minimum Gasteiger partial charge on any atom is -0.456 e. The van der Waals surface area contributed by atoms with Crippen LogP contribution >= 0.6 is 22.2 Å². The number of fused-ring (bicyclic) bond motifs is 6. The Hall–Kier alpha value is -1.74. The molecule has 0 spiro atoms. The van der Waals surface area contributed by atoms with Gasteiger partial charge in [0, 0.05) is 10.8 Å². The first-order valence-electron chi connectivity index (χ1n) is 7.10. The summed E-state index contributed by atoms with van der Waals surface area (Å²) in [5.41, 5.74) is 4.05. The maximum atomic E-state index is 6.79. The van der Waals surface area contributed by atoms with E-state index in [1.165, 1.54) is 0 Å². The number of para-hydroxylation sites is 1. The Bertz CT molecular complexity index is 1070. The third-order valence-corrected chi connectivity index (χ3v) is 9.06. The summed E-state index contributed by atoms with van der Waals surface area (Å²) in [6.45, 7) is -2.66. The molecule has 4 aromatic rings. The van der Waals surface area contributed by atoms with Gasteiger partial charge in [0.25, 0.3) is 0 Å². The molecule has 1 aromatic heterocycles. The number of halogens is 2. The fraction of sp³-hybridized carbons (Fsp3) is 0. The molecule has 1 aliphatic rings. The van der Waals surface area contributed by atoms with E-state index in [1.54, 1.807) is 0 Å². The molecule has 0 saturated heterocycles. The molecule has 0 bridgehead atoms. The van der Waals surface area contributed by atoms with E-state index < -0.39 is 6.69 Å². The van der Waals surface area contributed by atoms with Crippen LogP contribution < -0.4 is 10.4 Å². The first-order chi connectivity index (χ1) is 10.7. The van der Waals surface area contributed by atoms with Gasteiger partial charge in [-0.3, -0.25) is 0 Å². The molecule has 0 unspecified atom stereocenters. The maximum Gasteiger partial charge on any atom is 0.311 e. The zero-order chi connectivity index (χ0) is 14.9. The Morgan fingerprint density at radius 2 is 1.45 bits per heavy atom. The average Bonchev–Trinajstić information content (AvgIpc) is 3.00. The van der Waals surface area contributed by atoms with E-state index in [0.717, 1.165) is 43.4 Å². The SMILES string of the molecule is Cl[Si]1(Cl)c2ccccc2-c2cc3c(cc21)oc1ccccc13. The minimum absolute atomic E-state index is 0.853. The molecule has 0 atom stereocenters. The Morgan fingerprint density at radius 1 is 0.682 bits per heavy atom. The van der Waals surface area contributed by atoms with Crippen LogP contribution in [-0.4, -0.2) is 6.69 Å². The molecule has 0 radical (unpaired) electrons. The minimum atomic E-state index is -2.66. The zero-order valence-electron chi connectivity index (χ0n) is 11.4. The lowest BCUT2D eigenvalue weighted by molar-refractivity contribution is 0.669. The topological polar surface area (TPSA) is 13.1 Å². The summed E-state index contributed by atoms with van der Waals surface area (Å²) in [4.78, 5) is 0. The van der Waals surface area contributed by atoms with Crippen molar-refractivity contribution in [3.05, 3.63) is 60.7 Å². The van der Waals surface area contributed by atoms with Crippen molar-refractivity contribution in [2.45, 2.75) is 0 Å². The quantitative estimate of drug-likeness (QED) is 0.337. The van der Waals surface area contributed by atoms with E-state index >= 15 is 0 Å². The number of furan rings is 1. The molecule has 106 valence electrons. The molecule has 0 aliphatic carbocycles. The molecule has 0 fully saturated rings. The monoisotopic (exact) mass is 340 g/mol. The number of benzene rings is 3. The van der Waals surface area contributed by atoms with Crippen LogP contribution in [0.4, 0.5) is 0 Å². The first kappa shape index (κ1) is 12.8. The molecule has 22 heavy (non-hydrogen) atoms. The van der Waals surface area contributed by atoms with Gasteiger partial charge < -0.3 is 4.42 Å². The molecule has 1 nitrogen and oxygen atoms in total. The van der Waals surface area contributed by atoms with Gasteiger partial charge in [0.1, 0.15) is 11.2 Å². The predicted molar refractivity (Wildman–Crippen MR) is 95.9 cm³/mol. The second kappa shape index (κ2) is 4.16. The highest BCUT2D eigenvalue weighted by Gasteiger charge is 2.43. The van der Waals surface area contributed by atoms with E-state index in [4.69, 9.17) is 26.6 Å². The maximum absolute atomic E-state index is 6.79. The number of rotatable bonds is 0. The molecule has 3 aromatic carbocycles. The van der Waals surface area contributed by atoms with Crippen LogP contribution in [0.15, 0.2) is 65.1 Å². The number of hydrogen-bond acceptors (Lipinski definition) is 1. The van der Waals surface area contributed by atoms with Gasteiger partial charge in [-0.15, -0.1) is 22.2 Å². The second-order valence-electron chi connectivity index (χ2n) is 5.61. The van der Waals surface area contributed by atoms with Crippen molar-refractivity contribution in [1.29, 1.82) is 0 Å². The fourth-order valence-corrected chi connectivity index (χ4v) is 7.33. The van der Waals surface area contributed by atoms with Crippen LogP contribution in [0.25, 0.3) is 33.1 Å². The van der Waals surface area contributed by atoms with Gasteiger partial charge in [-0.05, 0) is 39.7 Å². The highest BCUT2D eigenvalue weighted by Crippen LogP contribution is 2.37. The van der Waals surface area contributed by atoms with Crippen LogP contribution in [0.1, 0.15) is 0 Å². The van der Waals surface area contributed by atoms with E-state index in [-0.39, 0.29) is 0 Å². The van der Waals surface area contributed by atoms with Crippen molar-refractivity contribution < 1.29 is 4.42 Å². The molecule has 4 heteroatoms. The molecule has 2 heterocycles. The molecule has 0 N–H and O–H groups in total. The smallest absolute Gasteiger partial charge is 0.311 e. The van der Waals surface area contributed by atoms with Crippen molar-refractivity contribution in [2.75, 3.05) is 0 Å². The lowest BCUT2D eigenvalue weighted by atomic mass is 10.0. The molecule has 5 rings (SSSR count). The summed E-state index contributed by atoms with van der Waals surface area (Å²) in [5.74, 6) is 0. The molecular formula is C18H10Cl2OSi. The van der Waals surface area contributed by atoms with Crippen molar-refractivity contribution in [2.24, 2.45) is 0 Å². The predicted octanol–water partition coefficient (Wildman–Crippen LogP) is 4.60. The van der Waals surface area contributed by atoms with E-state index in [1.807, 2.05) is 42.5 Å². The number of hydrogen-bond donors (Lipinski definition) is 0. The van der Waals surface area contributed by atoms with Crippen LogP contribution in [0.5, 0.6) is 0 Å². The lowest BCUT2D eigenvalue weighted by Gasteiger charge is -2.11. The first-order valence-corrected chi connectivity index (χ1v) is 11.1. The van der Waals surface area contributed by atoms with Gasteiger partial charge in [0.15, 0.2) is 0 Å². The summed E-state index contributed by atoms with van der Waals surface area (Å²) in [5, 5.41) is 4.35. The van der Waals surface area contributed by atoms with Crippen LogP contribution in [0.3, 0.4) is 0 Å². The molecule has 0 amide bonds. The van der Waals surface area contributed by atoms with Crippen molar-refractivity contribution >= 4 is 61.2 Å². The highest BCUT2D eigenvalue weighted by molar-refractivity contribution is 7.57. The summed E-state index contributed by atoms with van der Waals surface area (Å²) in [6.07, 6.45) is 0. The Balaban J connectivity index is 1.95. The van der Waals surface area contributed by atoms with Gasteiger partial charge in [0.2, 0.25) is 0 Å².